The normalized spacial score (nSPS) is 23.9. The third kappa shape index (κ3) is 4.53. The van der Waals surface area contributed by atoms with E-state index in [0.29, 0.717) is 23.9 Å². The first-order valence-electron chi connectivity index (χ1n) is 12.2. The number of methoxy groups -OCH3 is 1. The number of para-hydroxylation sites is 1. The molecule has 0 aromatic heterocycles. The fourth-order valence-electron chi connectivity index (χ4n) is 5.51. The van der Waals surface area contributed by atoms with E-state index in [1.807, 2.05) is 42.5 Å². The highest BCUT2D eigenvalue weighted by molar-refractivity contribution is 6.31. The van der Waals surface area contributed by atoms with Crippen molar-refractivity contribution in [3.63, 3.8) is 0 Å². The summed E-state index contributed by atoms with van der Waals surface area (Å²) in [5.74, 6) is 1.33. The van der Waals surface area contributed by atoms with Gasteiger partial charge in [-0.2, -0.15) is 0 Å². The van der Waals surface area contributed by atoms with E-state index in [1.54, 1.807) is 7.11 Å². The minimum absolute atomic E-state index is 0.0540. The van der Waals surface area contributed by atoms with Crippen LogP contribution < -0.4 is 10.1 Å². The van der Waals surface area contributed by atoms with Gasteiger partial charge in [-0.1, -0.05) is 48.0 Å². The van der Waals surface area contributed by atoms with Crippen molar-refractivity contribution in [3.05, 3.63) is 64.7 Å². The summed E-state index contributed by atoms with van der Waals surface area (Å²) in [5, 5.41) is 3.81. The molecule has 7 heteroatoms. The highest BCUT2D eigenvalue weighted by Gasteiger charge is 2.56. The highest BCUT2D eigenvalue weighted by Crippen LogP contribution is 2.40. The Hall–Kier alpha value is -2.57. The number of carbonyl (C=O) groups is 2. The number of halogens is 1. The number of urea groups is 1. The van der Waals surface area contributed by atoms with Crippen LogP contribution in [0.3, 0.4) is 0 Å². The molecule has 2 aromatic rings. The second-order valence-corrected chi connectivity index (χ2v) is 10.3. The molecule has 2 saturated heterocycles. The van der Waals surface area contributed by atoms with Gasteiger partial charge in [0.2, 0.25) is 0 Å². The van der Waals surface area contributed by atoms with Crippen molar-refractivity contribution < 1.29 is 14.3 Å². The summed E-state index contributed by atoms with van der Waals surface area (Å²) >= 11 is 6.50. The van der Waals surface area contributed by atoms with Crippen molar-refractivity contribution in [2.75, 3.05) is 26.7 Å². The lowest BCUT2D eigenvalue weighted by molar-refractivity contribution is -0.134. The standard InChI is InChI=1S/C27H32ClN3O3/c1-34-24-9-5-3-7-21(24)18-30-14-12-22(13-15-30)27(16-20-6-2-4-8-23(20)28)25(32)31(26(33)29-27)17-19-10-11-19/h2-9,19,22H,10-18H2,1H3,(H,29,33)/t27-/m0/s1. The summed E-state index contributed by atoms with van der Waals surface area (Å²) in [6, 6.07) is 15.5. The van der Waals surface area contributed by atoms with Crippen LogP contribution in [0.1, 0.15) is 36.8 Å². The second-order valence-electron chi connectivity index (χ2n) is 9.89. The van der Waals surface area contributed by atoms with E-state index >= 15 is 0 Å². The lowest BCUT2D eigenvalue weighted by atomic mass is 9.73. The summed E-state index contributed by atoms with van der Waals surface area (Å²) in [4.78, 5) is 30.7. The van der Waals surface area contributed by atoms with Gasteiger partial charge in [0.05, 0.1) is 7.11 Å². The number of benzene rings is 2. The number of imide groups is 1. The number of carbonyl (C=O) groups excluding carboxylic acids is 2. The Balaban J connectivity index is 1.35. The van der Waals surface area contributed by atoms with E-state index in [1.165, 1.54) is 4.90 Å². The van der Waals surface area contributed by atoms with Gasteiger partial charge in [-0.25, -0.2) is 4.79 Å². The number of nitrogens with zero attached hydrogens (tertiary/aromatic N) is 2. The average Bonchev–Trinajstić information content (AvgIpc) is 3.64. The van der Waals surface area contributed by atoms with Crippen molar-refractivity contribution in [1.29, 1.82) is 0 Å². The highest BCUT2D eigenvalue weighted by atomic mass is 35.5. The number of ether oxygens (including phenoxy) is 1. The lowest BCUT2D eigenvalue weighted by Gasteiger charge is -2.41. The van der Waals surface area contributed by atoms with Gasteiger partial charge in [0.25, 0.3) is 5.91 Å². The number of piperidine rings is 1. The lowest BCUT2D eigenvalue weighted by Crippen LogP contribution is -2.57. The van der Waals surface area contributed by atoms with Gasteiger partial charge in [0, 0.05) is 30.1 Å². The number of hydrogen-bond acceptors (Lipinski definition) is 4. The maximum Gasteiger partial charge on any atom is 0.325 e. The number of likely N-dealkylation sites (tertiary alicyclic amines) is 1. The van der Waals surface area contributed by atoms with Crippen molar-refractivity contribution >= 4 is 23.5 Å². The molecule has 1 aliphatic carbocycles. The van der Waals surface area contributed by atoms with E-state index in [0.717, 1.165) is 62.2 Å². The number of rotatable bonds is 8. The average molecular weight is 482 g/mol. The van der Waals surface area contributed by atoms with Gasteiger partial charge in [0.1, 0.15) is 11.3 Å². The molecule has 3 fully saturated rings. The summed E-state index contributed by atoms with van der Waals surface area (Å²) in [5.41, 5.74) is 1.13. The summed E-state index contributed by atoms with van der Waals surface area (Å²) in [6.07, 6.45) is 4.28. The zero-order valence-electron chi connectivity index (χ0n) is 19.6. The Bertz CT molecular complexity index is 1060. The number of nitrogens with one attached hydrogen (secondary N) is 1. The maximum atomic E-state index is 13.8. The molecule has 2 heterocycles. The predicted molar refractivity (Wildman–Crippen MR) is 132 cm³/mol. The Kier molecular flexibility index (Phi) is 6.54. The minimum atomic E-state index is -0.937. The molecule has 5 rings (SSSR count). The van der Waals surface area contributed by atoms with Gasteiger partial charge in [-0.05, 0) is 68.3 Å². The second kappa shape index (κ2) is 9.59. The van der Waals surface area contributed by atoms with Crippen molar-refractivity contribution in [1.82, 2.24) is 15.1 Å². The minimum Gasteiger partial charge on any atom is -0.496 e. The molecule has 2 aromatic carbocycles. The fraction of sp³-hybridized carbons (Fsp3) is 0.481. The molecule has 0 radical (unpaired) electrons. The predicted octanol–water partition coefficient (Wildman–Crippen LogP) is 4.50. The van der Waals surface area contributed by atoms with Crippen LogP contribution in [0.15, 0.2) is 48.5 Å². The molecular weight excluding hydrogens is 450 g/mol. The third-order valence-electron chi connectivity index (χ3n) is 7.64. The quantitative estimate of drug-likeness (QED) is 0.564. The van der Waals surface area contributed by atoms with Crippen molar-refractivity contribution in [2.24, 2.45) is 11.8 Å². The zero-order chi connectivity index (χ0) is 23.7. The first kappa shape index (κ1) is 23.2. The van der Waals surface area contributed by atoms with Gasteiger partial charge in [0.15, 0.2) is 0 Å². The van der Waals surface area contributed by atoms with Gasteiger partial charge in [-0.15, -0.1) is 0 Å². The largest absolute Gasteiger partial charge is 0.496 e. The van der Waals surface area contributed by atoms with Crippen LogP contribution in [0.4, 0.5) is 4.79 Å². The smallest absolute Gasteiger partial charge is 0.325 e. The van der Waals surface area contributed by atoms with E-state index in [2.05, 4.69) is 16.3 Å². The van der Waals surface area contributed by atoms with E-state index in [4.69, 9.17) is 16.3 Å². The van der Waals surface area contributed by atoms with Crippen LogP contribution in [0.25, 0.3) is 0 Å². The zero-order valence-corrected chi connectivity index (χ0v) is 20.4. The molecular formula is C27H32ClN3O3. The molecule has 34 heavy (non-hydrogen) atoms. The van der Waals surface area contributed by atoms with Crippen molar-refractivity contribution in [3.8, 4) is 5.75 Å². The van der Waals surface area contributed by atoms with Crippen LogP contribution in [-0.2, 0) is 17.8 Å². The Morgan fingerprint density at radius 3 is 2.35 bits per heavy atom. The number of hydrogen-bond donors (Lipinski definition) is 1. The molecule has 0 spiro atoms. The van der Waals surface area contributed by atoms with Crippen molar-refractivity contribution in [2.45, 2.75) is 44.2 Å². The molecule has 2 aliphatic heterocycles. The van der Waals surface area contributed by atoms with E-state index in [9.17, 15) is 9.59 Å². The topological polar surface area (TPSA) is 61.9 Å². The first-order valence-corrected chi connectivity index (χ1v) is 12.6. The molecule has 6 nitrogen and oxygen atoms in total. The van der Waals surface area contributed by atoms with E-state index < -0.39 is 5.54 Å². The van der Waals surface area contributed by atoms with Crippen LogP contribution in [-0.4, -0.2) is 54.0 Å². The first-order chi connectivity index (χ1) is 16.5. The van der Waals surface area contributed by atoms with Crippen LogP contribution >= 0.6 is 11.6 Å². The molecule has 1 saturated carbocycles. The molecule has 1 N–H and O–H groups in total. The molecule has 0 bridgehead atoms. The Morgan fingerprint density at radius 1 is 1.00 bits per heavy atom. The summed E-state index contributed by atoms with van der Waals surface area (Å²) < 4.78 is 5.52. The third-order valence-corrected chi connectivity index (χ3v) is 8.01. The Labute approximate surface area is 206 Å². The molecule has 1 atom stereocenters. The summed E-state index contributed by atoms with van der Waals surface area (Å²) in [6.45, 7) is 3.06. The number of amides is 3. The summed E-state index contributed by atoms with van der Waals surface area (Å²) in [7, 11) is 1.70. The van der Waals surface area contributed by atoms with Gasteiger partial charge in [-0.3, -0.25) is 14.6 Å². The fourth-order valence-corrected chi connectivity index (χ4v) is 5.71. The van der Waals surface area contributed by atoms with Gasteiger partial charge < -0.3 is 10.1 Å². The Morgan fingerprint density at radius 2 is 1.68 bits per heavy atom. The van der Waals surface area contributed by atoms with Crippen LogP contribution in [0.2, 0.25) is 5.02 Å². The monoisotopic (exact) mass is 481 g/mol. The molecule has 180 valence electrons. The van der Waals surface area contributed by atoms with E-state index in [-0.39, 0.29) is 17.9 Å². The SMILES string of the molecule is COc1ccccc1CN1CCC([C@]2(Cc3ccccc3Cl)NC(=O)N(CC3CC3)C2=O)CC1. The molecule has 3 amide bonds. The van der Waals surface area contributed by atoms with Crippen LogP contribution in [0.5, 0.6) is 5.75 Å². The molecule has 3 aliphatic rings. The molecule has 0 unspecified atom stereocenters. The van der Waals surface area contributed by atoms with Gasteiger partial charge >= 0.3 is 6.03 Å². The van der Waals surface area contributed by atoms with Crippen LogP contribution in [0, 0.1) is 11.8 Å². The maximum absolute atomic E-state index is 13.8.